The summed E-state index contributed by atoms with van der Waals surface area (Å²) in [5.41, 5.74) is 4.23. The molecule has 2 aliphatic carbocycles. The fourth-order valence-corrected chi connectivity index (χ4v) is 5.05. The molecule has 2 aromatic rings. The van der Waals surface area contributed by atoms with Gasteiger partial charge in [-0.3, -0.25) is 9.59 Å². The molecule has 7 nitrogen and oxygen atoms in total. The number of carboxylic acid groups (broad SMARTS) is 1. The Balaban J connectivity index is 1.33. The molecule has 0 aliphatic heterocycles. The number of nitrogens with one attached hydrogen (secondary N) is 1. The summed E-state index contributed by atoms with van der Waals surface area (Å²) in [7, 11) is 0. The maximum atomic E-state index is 14.4. The number of carbonyl (C=O) groups is 3. The van der Waals surface area contributed by atoms with E-state index in [2.05, 4.69) is 5.32 Å². The van der Waals surface area contributed by atoms with Crippen LogP contribution in [0.3, 0.4) is 0 Å². The number of hydrogen-bond acceptors (Lipinski definition) is 4. The summed E-state index contributed by atoms with van der Waals surface area (Å²) in [4.78, 5) is 37.1. The minimum Gasteiger partial charge on any atom is -0.481 e. The monoisotopic (exact) mass is 486 g/mol. The van der Waals surface area contributed by atoms with E-state index in [1.807, 2.05) is 48.5 Å². The second kappa shape index (κ2) is 9.64. The zero-order chi connectivity index (χ0) is 25.3. The van der Waals surface area contributed by atoms with Gasteiger partial charge in [0, 0.05) is 25.0 Å². The summed E-state index contributed by atoms with van der Waals surface area (Å²) in [6.07, 6.45) is -1.16. The lowest BCUT2D eigenvalue weighted by molar-refractivity contribution is -0.141. The molecule has 0 saturated heterocycles. The van der Waals surface area contributed by atoms with Crippen LogP contribution in [0.2, 0.25) is 0 Å². The molecule has 2 N–H and O–H groups in total. The van der Waals surface area contributed by atoms with Gasteiger partial charge in [0.2, 0.25) is 5.91 Å². The van der Waals surface area contributed by atoms with Gasteiger partial charge in [0.1, 0.15) is 12.5 Å². The van der Waals surface area contributed by atoms with Gasteiger partial charge in [0.05, 0.1) is 12.3 Å². The number of halogens is 2. The van der Waals surface area contributed by atoms with E-state index in [0.717, 1.165) is 27.2 Å². The van der Waals surface area contributed by atoms with Crippen molar-refractivity contribution in [2.75, 3.05) is 19.7 Å². The average Bonchev–Trinajstić information content (AvgIpc) is 3.22. The van der Waals surface area contributed by atoms with E-state index in [1.165, 1.54) is 6.92 Å². The van der Waals surface area contributed by atoms with Crippen molar-refractivity contribution in [3.63, 3.8) is 0 Å². The van der Waals surface area contributed by atoms with Crippen LogP contribution in [-0.4, -0.2) is 59.6 Å². The lowest BCUT2D eigenvalue weighted by atomic mass is 9.98. The number of carbonyl (C=O) groups excluding carboxylic acids is 2. The van der Waals surface area contributed by atoms with Crippen molar-refractivity contribution in [1.82, 2.24) is 10.2 Å². The van der Waals surface area contributed by atoms with Crippen molar-refractivity contribution in [1.29, 1.82) is 0 Å². The van der Waals surface area contributed by atoms with Crippen LogP contribution in [0.4, 0.5) is 13.6 Å². The molecular formula is C26H28F2N2O5. The van der Waals surface area contributed by atoms with Gasteiger partial charge in [-0.1, -0.05) is 48.5 Å². The van der Waals surface area contributed by atoms with Crippen LogP contribution in [0.25, 0.3) is 11.1 Å². The smallest absolute Gasteiger partial charge is 0.407 e. The molecule has 35 heavy (non-hydrogen) atoms. The number of rotatable bonds is 9. The largest absolute Gasteiger partial charge is 0.481 e. The number of hydrogen-bond donors (Lipinski definition) is 2. The molecule has 2 aliphatic rings. The third-order valence-corrected chi connectivity index (χ3v) is 6.90. The molecule has 1 saturated carbocycles. The number of aliphatic carboxylic acids is 1. The normalized spacial score (nSPS) is 20.3. The first-order chi connectivity index (χ1) is 16.7. The molecular weight excluding hydrogens is 458 g/mol. The Morgan fingerprint density at radius 2 is 1.66 bits per heavy atom. The van der Waals surface area contributed by atoms with Gasteiger partial charge >= 0.3 is 12.1 Å². The van der Waals surface area contributed by atoms with E-state index >= 15 is 0 Å². The van der Waals surface area contributed by atoms with E-state index < -0.39 is 48.3 Å². The Morgan fingerprint density at radius 1 is 1.09 bits per heavy atom. The van der Waals surface area contributed by atoms with E-state index in [1.54, 1.807) is 6.92 Å². The number of benzene rings is 2. The molecule has 2 amide bonds. The highest BCUT2D eigenvalue weighted by Gasteiger charge is 2.72. The Hall–Kier alpha value is -3.49. The number of nitrogens with zero attached hydrogens (tertiary/aromatic N) is 1. The van der Waals surface area contributed by atoms with Gasteiger partial charge in [0.25, 0.3) is 5.92 Å². The third-order valence-electron chi connectivity index (χ3n) is 6.90. The number of alkyl halides is 2. The van der Waals surface area contributed by atoms with Crippen LogP contribution >= 0.6 is 0 Å². The topological polar surface area (TPSA) is 95.9 Å². The molecule has 0 bridgehead atoms. The highest BCUT2D eigenvalue weighted by molar-refractivity contribution is 5.85. The Labute approximate surface area is 202 Å². The molecule has 0 spiro atoms. The molecule has 0 heterocycles. The first kappa shape index (κ1) is 24.6. The van der Waals surface area contributed by atoms with E-state index in [4.69, 9.17) is 9.84 Å². The molecule has 186 valence electrons. The minimum absolute atomic E-state index is 0.0552. The van der Waals surface area contributed by atoms with Crippen molar-refractivity contribution < 1.29 is 33.0 Å². The molecule has 3 atom stereocenters. The number of ether oxygens (including phenoxy) is 1. The van der Waals surface area contributed by atoms with Gasteiger partial charge in [0.15, 0.2) is 0 Å². The summed E-state index contributed by atoms with van der Waals surface area (Å²) in [6, 6.07) is 15.0. The molecule has 0 aromatic heterocycles. The summed E-state index contributed by atoms with van der Waals surface area (Å²) < 4.78 is 34.2. The average molecular weight is 487 g/mol. The van der Waals surface area contributed by atoms with Gasteiger partial charge in [-0.2, -0.15) is 0 Å². The molecule has 4 rings (SSSR count). The maximum absolute atomic E-state index is 14.4. The number of alkyl carbamates (subject to hydrolysis) is 1. The minimum atomic E-state index is -3.27. The maximum Gasteiger partial charge on any atom is 0.407 e. The van der Waals surface area contributed by atoms with Crippen molar-refractivity contribution >= 4 is 18.0 Å². The van der Waals surface area contributed by atoms with E-state index in [9.17, 15) is 23.2 Å². The SMILES string of the molecule is CCN(C(=O)[C@@H]1[C@H](CNC(=O)OCC2c3ccccc3-c3ccccc32)C1(F)F)C(C)CC(=O)O. The standard InChI is InChI=1S/C26H28F2N2O5/c1-3-30(15(2)12-22(31)32)24(33)23-21(26(23,27)28)13-29-25(34)35-14-20-18-10-6-4-8-16(18)17-9-5-7-11-19(17)20/h4-11,15,20-21,23H,3,12-14H2,1-2H3,(H,29,34)(H,31,32)/t15?,21-,23-/m0/s1. The highest BCUT2D eigenvalue weighted by atomic mass is 19.3. The summed E-state index contributed by atoms with van der Waals surface area (Å²) >= 11 is 0. The summed E-state index contributed by atoms with van der Waals surface area (Å²) in [5, 5.41) is 11.3. The Bertz CT molecular complexity index is 1090. The lowest BCUT2D eigenvalue weighted by Crippen LogP contribution is -2.41. The van der Waals surface area contributed by atoms with Crippen LogP contribution in [0.1, 0.15) is 37.3 Å². The number of amides is 2. The summed E-state index contributed by atoms with van der Waals surface area (Å²) in [6.45, 7) is 2.89. The molecule has 1 unspecified atom stereocenters. The van der Waals surface area contributed by atoms with E-state index in [0.29, 0.717) is 0 Å². The molecule has 9 heteroatoms. The number of carboxylic acids is 1. The van der Waals surface area contributed by atoms with Crippen LogP contribution in [0.5, 0.6) is 0 Å². The second-order valence-electron chi connectivity index (χ2n) is 9.04. The van der Waals surface area contributed by atoms with Crippen molar-refractivity contribution in [3.05, 3.63) is 59.7 Å². The van der Waals surface area contributed by atoms with Crippen molar-refractivity contribution in [2.24, 2.45) is 11.8 Å². The third kappa shape index (κ3) is 4.72. The van der Waals surface area contributed by atoms with E-state index in [-0.39, 0.29) is 25.5 Å². The predicted octanol–water partition coefficient (Wildman–Crippen LogP) is 4.12. The van der Waals surface area contributed by atoms with Gasteiger partial charge in [-0.25, -0.2) is 13.6 Å². The van der Waals surface area contributed by atoms with Crippen LogP contribution in [0, 0.1) is 11.8 Å². The van der Waals surface area contributed by atoms with Gasteiger partial charge in [-0.05, 0) is 36.1 Å². The second-order valence-corrected chi connectivity index (χ2v) is 9.04. The van der Waals surface area contributed by atoms with Crippen LogP contribution in [0.15, 0.2) is 48.5 Å². The molecule has 1 fully saturated rings. The molecule has 2 aromatic carbocycles. The Morgan fingerprint density at radius 3 is 2.20 bits per heavy atom. The zero-order valence-electron chi connectivity index (χ0n) is 19.5. The first-order valence-electron chi connectivity index (χ1n) is 11.7. The lowest BCUT2D eigenvalue weighted by Gasteiger charge is -2.27. The quantitative estimate of drug-likeness (QED) is 0.556. The van der Waals surface area contributed by atoms with Crippen LogP contribution < -0.4 is 5.32 Å². The first-order valence-corrected chi connectivity index (χ1v) is 11.7. The highest BCUT2D eigenvalue weighted by Crippen LogP contribution is 2.56. The zero-order valence-corrected chi connectivity index (χ0v) is 19.5. The fourth-order valence-electron chi connectivity index (χ4n) is 5.05. The van der Waals surface area contributed by atoms with Crippen molar-refractivity contribution in [2.45, 2.75) is 38.2 Å². The molecule has 0 radical (unpaired) electrons. The Kier molecular flexibility index (Phi) is 6.78. The van der Waals surface area contributed by atoms with Gasteiger partial charge in [-0.15, -0.1) is 0 Å². The van der Waals surface area contributed by atoms with Crippen LogP contribution in [-0.2, 0) is 14.3 Å². The summed E-state index contributed by atoms with van der Waals surface area (Å²) in [5.74, 6) is -8.29. The van der Waals surface area contributed by atoms with Crippen molar-refractivity contribution in [3.8, 4) is 11.1 Å². The fraction of sp³-hybridized carbons (Fsp3) is 0.423. The number of fused-ring (bicyclic) bond motifs is 3. The predicted molar refractivity (Wildman–Crippen MR) is 124 cm³/mol. The van der Waals surface area contributed by atoms with Gasteiger partial charge < -0.3 is 20.1 Å².